The molecule has 2 aliphatic heterocycles. The molecule has 3 aliphatic rings. The Morgan fingerprint density at radius 2 is 1.90 bits per heavy atom. The lowest BCUT2D eigenvalue weighted by molar-refractivity contribution is -0.141. The molecule has 2 aromatic heterocycles. The van der Waals surface area contributed by atoms with E-state index in [0.29, 0.717) is 60.6 Å². The van der Waals surface area contributed by atoms with Gasteiger partial charge in [0.05, 0.1) is 28.7 Å². The highest BCUT2D eigenvalue weighted by molar-refractivity contribution is 6.04. The minimum absolute atomic E-state index is 0.148. The minimum atomic E-state index is -4.45. The fourth-order valence-corrected chi connectivity index (χ4v) is 6.26. The van der Waals surface area contributed by atoms with Crippen LogP contribution in [-0.2, 0) is 21.4 Å². The van der Waals surface area contributed by atoms with E-state index in [9.17, 15) is 23.1 Å². The number of carbonyl (C=O) groups excluding carboxylic acids is 1. The predicted octanol–water partition coefficient (Wildman–Crippen LogP) is 5.57. The summed E-state index contributed by atoms with van der Waals surface area (Å²) in [7, 11) is 0. The summed E-state index contributed by atoms with van der Waals surface area (Å²) in [6, 6.07) is 8.63. The van der Waals surface area contributed by atoms with Crippen LogP contribution in [0.1, 0.15) is 61.8 Å². The lowest BCUT2D eigenvalue weighted by Gasteiger charge is -2.36. The number of likely N-dealkylation sites (tertiary alicyclic amines) is 1. The summed E-state index contributed by atoms with van der Waals surface area (Å²) in [5, 5.41) is 15.2. The molecular weight excluding hydrogens is 537 g/mol. The summed E-state index contributed by atoms with van der Waals surface area (Å²) in [6.45, 7) is 1.25. The molecule has 4 heterocycles. The third kappa shape index (κ3) is 5.86. The van der Waals surface area contributed by atoms with Gasteiger partial charge >= 0.3 is 6.18 Å². The van der Waals surface area contributed by atoms with Gasteiger partial charge in [-0.2, -0.15) is 13.2 Å². The number of rotatable bonds is 6. The van der Waals surface area contributed by atoms with Gasteiger partial charge in [-0.15, -0.1) is 0 Å². The molecule has 2 fully saturated rings. The van der Waals surface area contributed by atoms with Crippen molar-refractivity contribution in [3.05, 3.63) is 71.9 Å². The summed E-state index contributed by atoms with van der Waals surface area (Å²) >= 11 is 0. The summed E-state index contributed by atoms with van der Waals surface area (Å²) < 4.78 is 44.6. The lowest BCUT2D eigenvalue weighted by Crippen LogP contribution is -2.38. The van der Waals surface area contributed by atoms with Crippen LogP contribution in [0, 0.1) is 11.8 Å². The Labute approximate surface area is 235 Å². The van der Waals surface area contributed by atoms with Crippen molar-refractivity contribution in [1.82, 2.24) is 14.9 Å². The van der Waals surface area contributed by atoms with Crippen molar-refractivity contribution in [3.8, 4) is 11.5 Å². The summed E-state index contributed by atoms with van der Waals surface area (Å²) in [5.41, 5.74) is 0.368. The van der Waals surface area contributed by atoms with Crippen molar-refractivity contribution < 1.29 is 32.3 Å². The van der Waals surface area contributed by atoms with Crippen LogP contribution in [0.4, 0.5) is 13.2 Å². The number of pyridine rings is 1. The van der Waals surface area contributed by atoms with Gasteiger partial charge in [0.15, 0.2) is 0 Å². The van der Waals surface area contributed by atoms with Gasteiger partial charge in [0.1, 0.15) is 11.9 Å². The van der Waals surface area contributed by atoms with E-state index < -0.39 is 23.4 Å². The number of benzene rings is 1. The SMILES string of the molecule is O=C(C1CC(c2cccc(C(F)(F)F)c2)=NO1)N1CC[C@H](CC2CCC(O)(c3ccc(-c4ncco4)cn3)CC2)C1. The minimum Gasteiger partial charge on any atom is -0.444 e. The van der Waals surface area contributed by atoms with Gasteiger partial charge in [-0.1, -0.05) is 17.3 Å². The second-order valence-corrected chi connectivity index (χ2v) is 11.3. The number of hydrogen-bond donors (Lipinski definition) is 1. The molecule has 0 radical (unpaired) electrons. The van der Waals surface area contributed by atoms with Crippen molar-refractivity contribution in [2.75, 3.05) is 13.1 Å². The lowest BCUT2D eigenvalue weighted by atomic mass is 9.74. The molecule has 3 aromatic rings. The molecule has 1 N–H and O–H groups in total. The third-order valence-corrected chi connectivity index (χ3v) is 8.58. The molecule has 1 saturated carbocycles. The van der Waals surface area contributed by atoms with Crippen LogP contribution >= 0.6 is 0 Å². The first kappa shape index (κ1) is 27.4. The number of alkyl halides is 3. The van der Waals surface area contributed by atoms with Crippen molar-refractivity contribution in [3.63, 3.8) is 0 Å². The number of aliphatic hydroxyl groups is 1. The number of nitrogens with zero attached hydrogens (tertiary/aromatic N) is 4. The number of hydrogen-bond acceptors (Lipinski definition) is 7. The van der Waals surface area contributed by atoms with Crippen LogP contribution in [0.2, 0.25) is 0 Å². The molecule has 6 rings (SSSR count). The van der Waals surface area contributed by atoms with E-state index in [0.717, 1.165) is 43.4 Å². The van der Waals surface area contributed by atoms with Crippen LogP contribution in [0.25, 0.3) is 11.5 Å². The second-order valence-electron chi connectivity index (χ2n) is 11.3. The van der Waals surface area contributed by atoms with Gasteiger partial charge < -0.3 is 19.3 Å². The Hall–Kier alpha value is -3.73. The highest BCUT2D eigenvalue weighted by Gasteiger charge is 2.40. The molecule has 2 atom stereocenters. The standard InChI is InChI=1S/C30H31F3N4O4/c31-30(32,33)23-3-1-2-21(15-23)24-16-25(41-36-24)28(38)37-12-8-20(18-37)14-19-6-9-29(39,10-7-19)26-5-4-22(17-35-26)27-34-11-13-40-27/h1-5,11,13,15,17,19-20,25,39H,6-10,12,14,16,18H2/t19?,20-,25?,29?/m1/s1. The van der Waals surface area contributed by atoms with Crippen molar-refractivity contribution >= 4 is 11.6 Å². The zero-order valence-corrected chi connectivity index (χ0v) is 22.4. The Morgan fingerprint density at radius 1 is 1.07 bits per heavy atom. The maximum absolute atomic E-state index is 13.1. The predicted molar refractivity (Wildman–Crippen MR) is 142 cm³/mol. The van der Waals surface area contributed by atoms with E-state index in [2.05, 4.69) is 15.1 Å². The molecule has 0 spiro atoms. The second kappa shape index (κ2) is 10.9. The Morgan fingerprint density at radius 3 is 2.61 bits per heavy atom. The molecule has 1 saturated heterocycles. The molecule has 1 amide bonds. The van der Waals surface area contributed by atoms with Crippen LogP contribution < -0.4 is 0 Å². The average molecular weight is 569 g/mol. The van der Waals surface area contributed by atoms with Crippen molar-refractivity contribution in [1.29, 1.82) is 0 Å². The smallest absolute Gasteiger partial charge is 0.416 e. The fraction of sp³-hybridized carbons (Fsp3) is 0.467. The number of carbonyl (C=O) groups is 1. The number of oxime groups is 1. The largest absolute Gasteiger partial charge is 0.444 e. The molecule has 1 aliphatic carbocycles. The maximum atomic E-state index is 13.1. The quantitative estimate of drug-likeness (QED) is 0.418. The van der Waals surface area contributed by atoms with Crippen LogP contribution in [0.15, 0.2) is 64.6 Å². The van der Waals surface area contributed by atoms with Gasteiger partial charge in [-0.05, 0) is 74.6 Å². The normalized spacial score (nSPS) is 26.6. The first-order valence-electron chi connectivity index (χ1n) is 14.0. The molecule has 216 valence electrons. The molecule has 1 aromatic carbocycles. The Kier molecular flexibility index (Phi) is 7.31. The molecule has 8 nitrogen and oxygen atoms in total. The average Bonchev–Trinajstić information content (AvgIpc) is 3.77. The van der Waals surface area contributed by atoms with Gasteiger partial charge in [-0.3, -0.25) is 9.78 Å². The maximum Gasteiger partial charge on any atom is 0.416 e. The summed E-state index contributed by atoms with van der Waals surface area (Å²) in [5.74, 6) is 1.14. The molecule has 1 unspecified atom stereocenters. The van der Waals surface area contributed by atoms with E-state index in [-0.39, 0.29) is 12.3 Å². The molecular formula is C30H31F3N4O4. The topological polar surface area (TPSA) is 101 Å². The van der Waals surface area contributed by atoms with E-state index in [4.69, 9.17) is 9.25 Å². The van der Waals surface area contributed by atoms with Gasteiger partial charge in [0.25, 0.3) is 5.91 Å². The van der Waals surface area contributed by atoms with E-state index in [1.54, 1.807) is 23.4 Å². The number of oxazole rings is 1. The number of aromatic nitrogens is 2. The zero-order valence-electron chi connectivity index (χ0n) is 22.4. The highest BCUT2D eigenvalue weighted by Crippen LogP contribution is 2.42. The monoisotopic (exact) mass is 568 g/mol. The van der Waals surface area contributed by atoms with E-state index in [1.807, 2.05) is 12.1 Å². The van der Waals surface area contributed by atoms with Crippen LogP contribution in [-0.4, -0.2) is 50.8 Å². The van der Waals surface area contributed by atoms with Gasteiger partial charge in [0, 0.05) is 31.3 Å². The highest BCUT2D eigenvalue weighted by atomic mass is 19.4. The fourth-order valence-electron chi connectivity index (χ4n) is 6.26. The van der Waals surface area contributed by atoms with Gasteiger partial charge in [-0.25, -0.2) is 4.98 Å². The molecule has 41 heavy (non-hydrogen) atoms. The van der Waals surface area contributed by atoms with Crippen molar-refractivity contribution in [2.24, 2.45) is 17.0 Å². The van der Waals surface area contributed by atoms with Crippen molar-refractivity contribution in [2.45, 2.75) is 62.8 Å². The van der Waals surface area contributed by atoms with E-state index >= 15 is 0 Å². The first-order valence-corrected chi connectivity index (χ1v) is 14.0. The summed E-state index contributed by atoms with van der Waals surface area (Å²) in [4.78, 5) is 28.9. The third-order valence-electron chi connectivity index (χ3n) is 8.58. The van der Waals surface area contributed by atoms with Crippen LogP contribution in [0.3, 0.4) is 0 Å². The molecule has 11 heteroatoms. The number of halogens is 3. The summed E-state index contributed by atoms with van der Waals surface area (Å²) in [6.07, 6.45) is 4.54. The van der Waals surface area contributed by atoms with Crippen LogP contribution in [0.5, 0.6) is 0 Å². The Balaban J connectivity index is 0.978. The molecule has 0 bridgehead atoms. The van der Waals surface area contributed by atoms with Gasteiger partial charge in [0.2, 0.25) is 12.0 Å². The Bertz CT molecular complexity index is 1400. The van der Waals surface area contributed by atoms with E-state index in [1.165, 1.54) is 12.3 Å². The number of amides is 1. The first-order chi connectivity index (χ1) is 19.7. The zero-order chi connectivity index (χ0) is 28.6.